The second-order valence-electron chi connectivity index (χ2n) is 5.59. The number of para-hydroxylation sites is 2. The predicted octanol–water partition coefficient (Wildman–Crippen LogP) is 3.27. The van der Waals surface area contributed by atoms with E-state index in [1.807, 2.05) is 0 Å². The molecule has 3 nitrogen and oxygen atoms in total. The molecule has 1 aromatic heterocycles. The minimum absolute atomic E-state index is 0.740. The molecule has 0 saturated heterocycles. The Morgan fingerprint density at radius 3 is 2.84 bits per heavy atom. The number of nitrogens with one attached hydrogen (secondary N) is 1. The monoisotopic (exact) mass is 257 g/mol. The Hall–Kier alpha value is -1.35. The molecule has 102 valence electrons. The van der Waals surface area contributed by atoms with Gasteiger partial charge < -0.3 is 9.88 Å². The van der Waals surface area contributed by atoms with Gasteiger partial charge in [0.05, 0.1) is 11.0 Å². The Kier molecular flexibility index (Phi) is 3.83. The van der Waals surface area contributed by atoms with Crippen LogP contribution < -0.4 is 5.32 Å². The molecule has 0 amide bonds. The maximum absolute atomic E-state index is 4.61. The van der Waals surface area contributed by atoms with E-state index >= 15 is 0 Å². The van der Waals surface area contributed by atoms with Crippen molar-refractivity contribution in [2.24, 2.45) is 0 Å². The highest BCUT2D eigenvalue weighted by molar-refractivity contribution is 5.75. The van der Waals surface area contributed by atoms with E-state index in [2.05, 4.69) is 46.1 Å². The molecule has 1 aliphatic carbocycles. The molecule has 1 saturated carbocycles. The van der Waals surface area contributed by atoms with Crippen LogP contribution in [0.25, 0.3) is 11.0 Å². The van der Waals surface area contributed by atoms with E-state index < -0.39 is 0 Å². The number of hydrogen-bond donors (Lipinski definition) is 1. The van der Waals surface area contributed by atoms with Crippen LogP contribution in [0.4, 0.5) is 0 Å². The Morgan fingerprint density at radius 2 is 2.00 bits per heavy atom. The third-order valence-electron chi connectivity index (χ3n) is 4.22. The topological polar surface area (TPSA) is 29.9 Å². The highest BCUT2D eigenvalue weighted by atomic mass is 15.1. The molecule has 0 radical (unpaired) electrons. The summed E-state index contributed by atoms with van der Waals surface area (Å²) in [5, 5.41) is 3.70. The molecular weight excluding hydrogens is 234 g/mol. The Morgan fingerprint density at radius 1 is 1.21 bits per heavy atom. The Balaban J connectivity index is 1.63. The molecule has 2 aromatic rings. The lowest BCUT2D eigenvalue weighted by Gasteiger charge is -2.23. The normalized spacial score (nSPS) is 17.1. The standard InChI is InChI=1S/C16H23N3/c1-13-18-15-9-5-6-10-16(15)19(13)12-11-17-14-7-3-2-4-8-14/h5-6,9-10,14,17H,2-4,7-8,11-12H2,1H3. The number of aryl methyl sites for hydroxylation is 1. The van der Waals surface area contributed by atoms with Crippen LogP contribution in [-0.2, 0) is 6.54 Å². The van der Waals surface area contributed by atoms with Gasteiger partial charge in [-0.05, 0) is 31.9 Å². The zero-order chi connectivity index (χ0) is 13.1. The Bertz CT molecular complexity index is 538. The number of hydrogen-bond acceptors (Lipinski definition) is 2. The number of nitrogens with zero attached hydrogens (tertiary/aromatic N) is 2. The van der Waals surface area contributed by atoms with Gasteiger partial charge in [0.15, 0.2) is 0 Å². The first-order valence-corrected chi connectivity index (χ1v) is 7.50. The summed E-state index contributed by atoms with van der Waals surface area (Å²) in [7, 11) is 0. The largest absolute Gasteiger partial charge is 0.327 e. The number of benzene rings is 1. The van der Waals surface area contributed by atoms with Gasteiger partial charge in [0.25, 0.3) is 0 Å². The fourth-order valence-corrected chi connectivity index (χ4v) is 3.17. The lowest BCUT2D eigenvalue weighted by molar-refractivity contribution is 0.368. The predicted molar refractivity (Wildman–Crippen MR) is 79.3 cm³/mol. The van der Waals surface area contributed by atoms with Gasteiger partial charge in [-0.1, -0.05) is 31.4 Å². The summed E-state index contributed by atoms with van der Waals surface area (Å²) < 4.78 is 2.32. The fraction of sp³-hybridized carbons (Fsp3) is 0.562. The van der Waals surface area contributed by atoms with Crippen molar-refractivity contribution < 1.29 is 0 Å². The lowest BCUT2D eigenvalue weighted by Crippen LogP contribution is -2.33. The van der Waals surface area contributed by atoms with E-state index in [1.165, 1.54) is 37.6 Å². The summed E-state index contributed by atoms with van der Waals surface area (Å²) in [6.45, 7) is 4.16. The summed E-state index contributed by atoms with van der Waals surface area (Å²) in [5.41, 5.74) is 2.36. The molecule has 1 aromatic carbocycles. The smallest absolute Gasteiger partial charge is 0.106 e. The van der Waals surface area contributed by atoms with Gasteiger partial charge in [-0.15, -0.1) is 0 Å². The fourth-order valence-electron chi connectivity index (χ4n) is 3.17. The zero-order valence-electron chi connectivity index (χ0n) is 11.7. The van der Waals surface area contributed by atoms with Gasteiger partial charge in [0, 0.05) is 19.1 Å². The average Bonchev–Trinajstić information content (AvgIpc) is 2.76. The molecule has 1 N–H and O–H groups in total. The first kappa shape index (κ1) is 12.7. The van der Waals surface area contributed by atoms with Gasteiger partial charge in [-0.2, -0.15) is 0 Å². The highest BCUT2D eigenvalue weighted by Gasteiger charge is 2.12. The molecule has 0 spiro atoms. The molecule has 3 rings (SSSR count). The van der Waals surface area contributed by atoms with Gasteiger partial charge in [-0.3, -0.25) is 0 Å². The van der Waals surface area contributed by atoms with E-state index in [0.717, 1.165) is 30.5 Å². The molecule has 1 aliphatic rings. The molecular formula is C16H23N3. The molecule has 1 fully saturated rings. The molecule has 1 heterocycles. The molecule has 0 aliphatic heterocycles. The van der Waals surface area contributed by atoms with Crippen molar-refractivity contribution in [3.63, 3.8) is 0 Å². The van der Waals surface area contributed by atoms with Crippen molar-refractivity contribution in [1.82, 2.24) is 14.9 Å². The van der Waals surface area contributed by atoms with E-state index in [0.29, 0.717) is 0 Å². The highest BCUT2D eigenvalue weighted by Crippen LogP contribution is 2.18. The number of imidazole rings is 1. The lowest BCUT2D eigenvalue weighted by atomic mass is 9.95. The molecule has 0 bridgehead atoms. The average molecular weight is 257 g/mol. The summed E-state index contributed by atoms with van der Waals surface area (Å²) in [5.74, 6) is 1.12. The number of fused-ring (bicyclic) bond motifs is 1. The second kappa shape index (κ2) is 5.74. The Labute approximate surface area is 115 Å². The van der Waals surface area contributed by atoms with Gasteiger partial charge >= 0.3 is 0 Å². The minimum atomic E-state index is 0.740. The van der Waals surface area contributed by atoms with Crippen LogP contribution in [0.1, 0.15) is 37.9 Å². The van der Waals surface area contributed by atoms with Crippen LogP contribution in [0, 0.1) is 6.92 Å². The summed E-state index contributed by atoms with van der Waals surface area (Å²) in [6.07, 6.45) is 6.91. The van der Waals surface area contributed by atoms with Crippen molar-refractivity contribution in [2.75, 3.05) is 6.54 Å². The van der Waals surface area contributed by atoms with Crippen LogP contribution in [0.3, 0.4) is 0 Å². The van der Waals surface area contributed by atoms with E-state index in [9.17, 15) is 0 Å². The van der Waals surface area contributed by atoms with Crippen molar-refractivity contribution >= 4 is 11.0 Å². The molecule has 0 atom stereocenters. The van der Waals surface area contributed by atoms with Gasteiger partial charge in [0.2, 0.25) is 0 Å². The van der Waals surface area contributed by atoms with E-state index in [1.54, 1.807) is 0 Å². The van der Waals surface area contributed by atoms with Crippen molar-refractivity contribution in [1.29, 1.82) is 0 Å². The number of rotatable bonds is 4. The van der Waals surface area contributed by atoms with Crippen LogP contribution in [-0.4, -0.2) is 22.1 Å². The summed E-state index contributed by atoms with van der Waals surface area (Å²) in [4.78, 5) is 4.61. The van der Waals surface area contributed by atoms with Crippen molar-refractivity contribution in [2.45, 2.75) is 51.6 Å². The zero-order valence-corrected chi connectivity index (χ0v) is 11.7. The summed E-state index contributed by atoms with van der Waals surface area (Å²) >= 11 is 0. The molecule has 3 heteroatoms. The minimum Gasteiger partial charge on any atom is -0.327 e. The van der Waals surface area contributed by atoms with Crippen molar-refractivity contribution in [3.05, 3.63) is 30.1 Å². The quantitative estimate of drug-likeness (QED) is 0.911. The first-order chi connectivity index (χ1) is 9.34. The van der Waals surface area contributed by atoms with Crippen molar-refractivity contribution in [3.8, 4) is 0 Å². The maximum Gasteiger partial charge on any atom is 0.106 e. The van der Waals surface area contributed by atoms with Crippen LogP contribution in [0.5, 0.6) is 0 Å². The van der Waals surface area contributed by atoms with Crippen LogP contribution in [0.2, 0.25) is 0 Å². The van der Waals surface area contributed by atoms with Crippen LogP contribution in [0.15, 0.2) is 24.3 Å². The van der Waals surface area contributed by atoms with E-state index in [4.69, 9.17) is 0 Å². The molecule has 0 unspecified atom stereocenters. The maximum atomic E-state index is 4.61. The molecule has 19 heavy (non-hydrogen) atoms. The third-order valence-corrected chi connectivity index (χ3v) is 4.22. The second-order valence-corrected chi connectivity index (χ2v) is 5.59. The van der Waals surface area contributed by atoms with Gasteiger partial charge in [-0.25, -0.2) is 4.98 Å². The van der Waals surface area contributed by atoms with Gasteiger partial charge in [0.1, 0.15) is 5.82 Å². The third kappa shape index (κ3) is 2.81. The van der Waals surface area contributed by atoms with E-state index in [-0.39, 0.29) is 0 Å². The SMILES string of the molecule is Cc1nc2ccccc2n1CCNC1CCCCC1. The van der Waals surface area contributed by atoms with Crippen LogP contribution >= 0.6 is 0 Å². The number of aromatic nitrogens is 2. The summed E-state index contributed by atoms with van der Waals surface area (Å²) in [6, 6.07) is 9.14. The first-order valence-electron chi connectivity index (χ1n) is 7.50.